The fraction of sp³-hybridized carbons (Fsp3) is 1.00. The second-order valence-electron chi connectivity index (χ2n) is 2.64. The van der Waals surface area contributed by atoms with Crippen LogP contribution in [0.25, 0.3) is 0 Å². The zero-order chi connectivity index (χ0) is 7.98. The number of rotatable bonds is 0. The highest BCUT2D eigenvalue weighted by molar-refractivity contribution is 4.62. The highest BCUT2D eigenvalue weighted by Crippen LogP contribution is 2.13. The molecule has 2 nitrogen and oxygen atoms in total. The Labute approximate surface area is 63.8 Å². The van der Waals surface area contributed by atoms with Gasteiger partial charge in [-0.15, -0.1) is 0 Å². The Morgan fingerprint density at radius 3 is 1.90 bits per heavy atom. The molecule has 0 amide bonds. The van der Waals surface area contributed by atoms with E-state index in [4.69, 9.17) is 5.21 Å². The van der Waals surface area contributed by atoms with Crippen LogP contribution < -0.4 is 0 Å². The topological polar surface area (TPSA) is 23.5 Å². The molecule has 2 heteroatoms. The zero-order valence-corrected chi connectivity index (χ0v) is 7.30. The Morgan fingerprint density at radius 1 is 1.20 bits per heavy atom. The summed E-state index contributed by atoms with van der Waals surface area (Å²) in [5.41, 5.74) is 0. The average molecular weight is 145 g/mol. The summed E-state index contributed by atoms with van der Waals surface area (Å²) in [6.07, 6.45) is 2.30. The molecular formula is C8H19NO. The van der Waals surface area contributed by atoms with Crippen molar-refractivity contribution in [1.82, 2.24) is 5.06 Å². The van der Waals surface area contributed by atoms with Crippen LogP contribution in [0.5, 0.6) is 0 Å². The summed E-state index contributed by atoms with van der Waals surface area (Å²) in [5, 5.41) is 10.3. The van der Waals surface area contributed by atoms with Crippen molar-refractivity contribution in [3.8, 4) is 0 Å². The lowest BCUT2D eigenvalue weighted by Gasteiger charge is -2.24. The molecule has 1 saturated heterocycles. The lowest BCUT2D eigenvalue weighted by atomic mass is 10.0. The molecule has 1 heterocycles. The summed E-state index contributed by atoms with van der Waals surface area (Å²) >= 11 is 0. The van der Waals surface area contributed by atoms with E-state index >= 15 is 0 Å². The fourth-order valence-corrected chi connectivity index (χ4v) is 0.995. The van der Waals surface area contributed by atoms with Gasteiger partial charge in [0, 0.05) is 13.1 Å². The molecular weight excluding hydrogens is 126 g/mol. The first kappa shape index (κ1) is 9.92. The van der Waals surface area contributed by atoms with Gasteiger partial charge in [-0.1, -0.05) is 20.8 Å². The van der Waals surface area contributed by atoms with E-state index in [2.05, 4.69) is 6.92 Å². The van der Waals surface area contributed by atoms with Crippen LogP contribution in [-0.4, -0.2) is 23.4 Å². The molecule has 0 aliphatic carbocycles. The maximum Gasteiger partial charge on any atom is 0.0240 e. The third-order valence-electron chi connectivity index (χ3n) is 1.76. The van der Waals surface area contributed by atoms with Crippen LogP contribution in [0, 0.1) is 5.92 Å². The Hall–Kier alpha value is -0.0800. The van der Waals surface area contributed by atoms with E-state index < -0.39 is 0 Å². The molecule has 62 valence electrons. The molecule has 1 aliphatic heterocycles. The molecule has 0 aromatic heterocycles. The number of piperidine rings is 1. The first-order valence-electron chi connectivity index (χ1n) is 4.23. The van der Waals surface area contributed by atoms with Crippen LogP contribution in [0.4, 0.5) is 0 Å². The summed E-state index contributed by atoms with van der Waals surface area (Å²) in [6, 6.07) is 0. The highest BCUT2D eigenvalue weighted by Gasteiger charge is 2.12. The maximum atomic E-state index is 8.86. The van der Waals surface area contributed by atoms with E-state index in [0.29, 0.717) is 0 Å². The smallest absolute Gasteiger partial charge is 0.0240 e. The largest absolute Gasteiger partial charge is 0.314 e. The van der Waals surface area contributed by atoms with Gasteiger partial charge in [0.25, 0.3) is 0 Å². The molecule has 1 N–H and O–H groups in total. The van der Waals surface area contributed by atoms with Gasteiger partial charge in [0.15, 0.2) is 0 Å². The van der Waals surface area contributed by atoms with Crippen molar-refractivity contribution >= 4 is 0 Å². The van der Waals surface area contributed by atoms with E-state index in [1.165, 1.54) is 5.06 Å². The molecule has 0 bridgehead atoms. The minimum atomic E-state index is 0.818. The molecule has 0 saturated carbocycles. The lowest BCUT2D eigenvalue weighted by molar-refractivity contribution is -0.110. The lowest BCUT2D eigenvalue weighted by Crippen LogP contribution is -2.29. The second kappa shape index (κ2) is 5.69. The van der Waals surface area contributed by atoms with Crippen LogP contribution in [0.1, 0.15) is 33.6 Å². The number of hydrogen-bond acceptors (Lipinski definition) is 2. The Balaban J connectivity index is 0.000000371. The highest BCUT2D eigenvalue weighted by atomic mass is 16.5. The van der Waals surface area contributed by atoms with Crippen molar-refractivity contribution in [3.63, 3.8) is 0 Å². The Morgan fingerprint density at radius 2 is 1.60 bits per heavy atom. The van der Waals surface area contributed by atoms with Gasteiger partial charge in [-0.05, 0) is 18.8 Å². The molecule has 1 aliphatic rings. The molecule has 1 fully saturated rings. The van der Waals surface area contributed by atoms with Gasteiger partial charge in [-0.3, -0.25) is 0 Å². The number of nitrogens with zero attached hydrogens (tertiary/aromatic N) is 1. The summed E-state index contributed by atoms with van der Waals surface area (Å²) in [6.45, 7) is 7.95. The Bertz CT molecular complexity index is 57.7. The van der Waals surface area contributed by atoms with Crippen molar-refractivity contribution in [2.45, 2.75) is 33.6 Å². The van der Waals surface area contributed by atoms with Crippen molar-refractivity contribution in [2.75, 3.05) is 13.1 Å². The number of hydroxylamine groups is 2. The van der Waals surface area contributed by atoms with Gasteiger partial charge in [0.1, 0.15) is 0 Å². The van der Waals surface area contributed by atoms with Crippen molar-refractivity contribution in [3.05, 3.63) is 0 Å². The standard InChI is InChI=1S/C6H13NO.C2H6/c1-6-2-4-7(8)5-3-6;1-2/h6,8H,2-5H2,1H3;1-2H3. The van der Waals surface area contributed by atoms with Crippen LogP contribution in [-0.2, 0) is 0 Å². The van der Waals surface area contributed by atoms with Gasteiger partial charge in [-0.25, -0.2) is 0 Å². The second-order valence-corrected chi connectivity index (χ2v) is 2.64. The van der Waals surface area contributed by atoms with E-state index in [1.54, 1.807) is 0 Å². The summed E-state index contributed by atoms with van der Waals surface area (Å²) in [7, 11) is 0. The molecule has 0 unspecified atom stereocenters. The number of hydrogen-bond donors (Lipinski definition) is 1. The average Bonchev–Trinajstić information content (AvgIpc) is 2.00. The molecule has 0 aromatic rings. The van der Waals surface area contributed by atoms with Gasteiger partial charge >= 0.3 is 0 Å². The van der Waals surface area contributed by atoms with Gasteiger partial charge in [0.05, 0.1) is 0 Å². The van der Waals surface area contributed by atoms with E-state index in [9.17, 15) is 0 Å². The van der Waals surface area contributed by atoms with Crippen molar-refractivity contribution < 1.29 is 5.21 Å². The molecule has 0 radical (unpaired) electrons. The Kier molecular flexibility index (Phi) is 5.64. The monoisotopic (exact) mass is 145 g/mol. The van der Waals surface area contributed by atoms with Crippen molar-refractivity contribution in [1.29, 1.82) is 0 Å². The fourth-order valence-electron chi connectivity index (χ4n) is 0.995. The predicted octanol–water partition coefficient (Wildman–Crippen LogP) is 2.13. The van der Waals surface area contributed by atoms with Crippen molar-refractivity contribution in [2.24, 2.45) is 5.92 Å². The predicted molar refractivity (Wildman–Crippen MR) is 43.1 cm³/mol. The summed E-state index contributed by atoms with van der Waals surface area (Å²) in [4.78, 5) is 0. The maximum absolute atomic E-state index is 8.86. The van der Waals surface area contributed by atoms with Gasteiger partial charge < -0.3 is 5.21 Å². The molecule has 1 rings (SSSR count). The van der Waals surface area contributed by atoms with Gasteiger partial charge in [0.2, 0.25) is 0 Å². The van der Waals surface area contributed by atoms with E-state index in [-0.39, 0.29) is 0 Å². The summed E-state index contributed by atoms with van der Waals surface area (Å²) < 4.78 is 0. The molecule has 0 atom stereocenters. The summed E-state index contributed by atoms with van der Waals surface area (Å²) in [5.74, 6) is 0.818. The van der Waals surface area contributed by atoms with E-state index in [1.807, 2.05) is 13.8 Å². The first-order chi connectivity index (χ1) is 4.79. The molecule has 0 spiro atoms. The third-order valence-corrected chi connectivity index (χ3v) is 1.76. The first-order valence-corrected chi connectivity index (χ1v) is 4.23. The molecule has 0 aromatic carbocycles. The minimum Gasteiger partial charge on any atom is -0.314 e. The van der Waals surface area contributed by atoms with Crippen LogP contribution in [0.2, 0.25) is 0 Å². The normalized spacial score (nSPS) is 21.6. The quantitative estimate of drug-likeness (QED) is 0.564. The van der Waals surface area contributed by atoms with Gasteiger partial charge in [-0.2, -0.15) is 5.06 Å². The van der Waals surface area contributed by atoms with Crippen LogP contribution in [0.15, 0.2) is 0 Å². The minimum absolute atomic E-state index is 0.818. The third kappa shape index (κ3) is 3.85. The van der Waals surface area contributed by atoms with E-state index in [0.717, 1.165) is 31.8 Å². The zero-order valence-electron chi connectivity index (χ0n) is 7.30. The van der Waals surface area contributed by atoms with Crippen LogP contribution >= 0.6 is 0 Å². The van der Waals surface area contributed by atoms with Crippen LogP contribution in [0.3, 0.4) is 0 Å². The molecule has 10 heavy (non-hydrogen) atoms. The SMILES string of the molecule is CC.CC1CCN(O)CC1.